The first kappa shape index (κ1) is 23.0. The summed E-state index contributed by atoms with van der Waals surface area (Å²) in [5.41, 5.74) is 5.82. The molecule has 178 valence electrons. The van der Waals surface area contributed by atoms with Crippen molar-refractivity contribution in [2.45, 2.75) is 19.9 Å². The molecule has 4 rings (SSSR count). The number of hydrogen-bond acceptors (Lipinski definition) is 11. The lowest BCUT2D eigenvalue weighted by atomic mass is 10.0. The molecule has 1 aliphatic rings. The summed E-state index contributed by atoms with van der Waals surface area (Å²) in [5.74, 6) is -0.205. The standard InChI is InChI=1S/C21H21N5O7S/c1-4-31-19(28)14-11(23-21(29)24-15(14)12-6-5-9(2)33-12)8-32-18(27)13-7-10-16(30-3)25-20(22)26-17(10)34-13/h5-7,15H,4,8H2,1-3H3,(H2,22,25,26)(H2,23,24,29)/t15-/m0/s1. The van der Waals surface area contributed by atoms with Crippen molar-refractivity contribution in [3.63, 3.8) is 0 Å². The summed E-state index contributed by atoms with van der Waals surface area (Å²) < 4.78 is 21.4. The minimum absolute atomic E-state index is 0.00646. The van der Waals surface area contributed by atoms with Crippen LogP contribution in [-0.2, 0) is 14.3 Å². The van der Waals surface area contributed by atoms with Gasteiger partial charge in [-0.1, -0.05) is 0 Å². The molecular formula is C21H21N5O7S. The lowest BCUT2D eigenvalue weighted by Gasteiger charge is -2.27. The lowest BCUT2D eigenvalue weighted by molar-refractivity contribution is -0.139. The minimum Gasteiger partial charge on any atom is -0.480 e. The summed E-state index contributed by atoms with van der Waals surface area (Å²) in [6.07, 6.45) is 0. The Morgan fingerprint density at radius 1 is 1.24 bits per heavy atom. The molecule has 0 saturated heterocycles. The second-order valence-corrected chi connectivity index (χ2v) is 8.12. The van der Waals surface area contributed by atoms with E-state index in [-0.39, 0.29) is 34.6 Å². The van der Waals surface area contributed by atoms with Crippen LogP contribution >= 0.6 is 11.3 Å². The van der Waals surface area contributed by atoms with Crippen LogP contribution in [0.2, 0.25) is 0 Å². The zero-order valence-electron chi connectivity index (χ0n) is 18.5. The van der Waals surface area contributed by atoms with Gasteiger partial charge in [0.05, 0.1) is 30.4 Å². The van der Waals surface area contributed by atoms with E-state index in [1.165, 1.54) is 13.2 Å². The van der Waals surface area contributed by atoms with Gasteiger partial charge in [0.2, 0.25) is 11.8 Å². The Hall–Kier alpha value is -4.13. The van der Waals surface area contributed by atoms with Crippen molar-refractivity contribution >= 4 is 45.5 Å². The molecule has 0 aliphatic carbocycles. The Balaban J connectivity index is 1.63. The number of aromatic nitrogens is 2. The van der Waals surface area contributed by atoms with E-state index in [0.717, 1.165) is 11.3 Å². The number of fused-ring (bicyclic) bond motifs is 1. The number of aryl methyl sites for hydroxylation is 1. The van der Waals surface area contributed by atoms with Crippen LogP contribution in [0.15, 0.2) is 33.9 Å². The number of thiophene rings is 1. The molecular weight excluding hydrogens is 466 g/mol. The molecule has 4 heterocycles. The summed E-state index contributed by atoms with van der Waals surface area (Å²) in [4.78, 5) is 46.6. The van der Waals surface area contributed by atoms with Gasteiger partial charge in [-0.3, -0.25) is 0 Å². The molecule has 13 heteroatoms. The number of urea groups is 1. The highest BCUT2D eigenvalue weighted by Gasteiger charge is 2.36. The van der Waals surface area contributed by atoms with Gasteiger partial charge in [-0.25, -0.2) is 19.4 Å². The molecule has 1 aliphatic heterocycles. The fraction of sp³-hybridized carbons (Fsp3) is 0.286. The number of carbonyl (C=O) groups is 3. The maximum absolute atomic E-state index is 12.8. The van der Waals surface area contributed by atoms with Crippen molar-refractivity contribution in [3.05, 3.63) is 45.9 Å². The predicted octanol–water partition coefficient (Wildman–Crippen LogP) is 2.21. The van der Waals surface area contributed by atoms with Gasteiger partial charge >= 0.3 is 18.0 Å². The molecule has 0 saturated carbocycles. The van der Waals surface area contributed by atoms with E-state index in [1.807, 2.05) is 0 Å². The number of methoxy groups -OCH3 is 1. The van der Waals surface area contributed by atoms with E-state index in [9.17, 15) is 14.4 Å². The molecule has 3 aromatic heterocycles. The zero-order chi connectivity index (χ0) is 24.4. The van der Waals surface area contributed by atoms with Gasteiger partial charge < -0.3 is 35.0 Å². The van der Waals surface area contributed by atoms with Gasteiger partial charge in [0.25, 0.3) is 0 Å². The molecule has 3 aromatic rings. The molecule has 1 atom stereocenters. The molecule has 12 nitrogen and oxygen atoms in total. The lowest BCUT2D eigenvalue weighted by Crippen LogP contribution is -2.47. The van der Waals surface area contributed by atoms with Crippen molar-refractivity contribution in [1.29, 1.82) is 0 Å². The Kier molecular flexibility index (Phi) is 6.36. The number of nitrogens with one attached hydrogen (secondary N) is 2. The van der Waals surface area contributed by atoms with Gasteiger partial charge in [0, 0.05) is 0 Å². The molecule has 0 radical (unpaired) electrons. The minimum atomic E-state index is -0.915. The van der Waals surface area contributed by atoms with Crippen molar-refractivity contribution in [3.8, 4) is 5.88 Å². The second kappa shape index (κ2) is 9.39. The number of nitrogen functional groups attached to an aromatic ring is 1. The highest BCUT2D eigenvalue weighted by Crippen LogP contribution is 2.32. The normalized spacial score (nSPS) is 15.6. The van der Waals surface area contributed by atoms with Gasteiger partial charge in [0.15, 0.2) is 0 Å². The average molecular weight is 487 g/mol. The van der Waals surface area contributed by atoms with E-state index in [4.69, 9.17) is 24.4 Å². The summed E-state index contributed by atoms with van der Waals surface area (Å²) in [6.45, 7) is 3.11. The van der Waals surface area contributed by atoms with E-state index in [0.29, 0.717) is 21.7 Å². The highest BCUT2D eigenvalue weighted by atomic mass is 32.1. The smallest absolute Gasteiger partial charge is 0.348 e. The number of nitrogens with two attached hydrogens (primary N) is 1. The van der Waals surface area contributed by atoms with Crippen LogP contribution in [-0.4, -0.2) is 48.3 Å². The van der Waals surface area contributed by atoms with E-state index in [1.54, 1.807) is 26.0 Å². The summed E-state index contributed by atoms with van der Waals surface area (Å²) in [6, 6.07) is 3.37. The van der Waals surface area contributed by atoms with Crippen LogP contribution in [0.25, 0.3) is 10.2 Å². The van der Waals surface area contributed by atoms with Crippen LogP contribution in [0.1, 0.15) is 34.2 Å². The van der Waals surface area contributed by atoms with Gasteiger partial charge in [0.1, 0.15) is 33.9 Å². The van der Waals surface area contributed by atoms with Crippen LogP contribution in [0.5, 0.6) is 5.88 Å². The highest BCUT2D eigenvalue weighted by molar-refractivity contribution is 7.20. The molecule has 0 fully saturated rings. The van der Waals surface area contributed by atoms with Crippen molar-refractivity contribution in [1.82, 2.24) is 20.6 Å². The van der Waals surface area contributed by atoms with E-state index in [2.05, 4.69) is 20.6 Å². The Bertz CT molecular complexity index is 1310. The Labute approximate surface area is 197 Å². The number of furan rings is 1. The fourth-order valence-electron chi connectivity index (χ4n) is 3.38. The molecule has 4 N–H and O–H groups in total. The predicted molar refractivity (Wildman–Crippen MR) is 120 cm³/mol. The Morgan fingerprint density at radius 3 is 2.71 bits per heavy atom. The molecule has 34 heavy (non-hydrogen) atoms. The maximum Gasteiger partial charge on any atom is 0.348 e. The Morgan fingerprint density at radius 2 is 2.03 bits per heavy atom. The number of esters is 2. The van der Waals surface area contributed by atoms with Gasteiger partial charge in [-0.2, -0.15) is 4.98 Å². The largest absolute Gasteiger partial charge is 0.480 e. The van der Waals surface area contributed by atoms with Crippen molar-refractivity contribution in [2.75, 3.05) is 26.1 Å². The quantitative estimate of drug-likeness (QED) is 0.420. The van der Waals surface area contributed by atoms with Crippen LogP contribution in [0.3, 0.4) is 0 Å². The van der Waals surface area contributed by atoms with Crippen LogP contribution in [0.4, 0.5) is 10.7 Å². The number of nitrogens with zero attached hydrogens (tertiary/aromatic N) is 2. The summed E-state index contributed by atoms with van der Waals surface area (Å²) in [5, 5.41) is 5.67. The monoisotopic (exact) mass is 487 g/mol. The summed E-state index contributed by atoms with van der Waals surface area (Å²) in [7, 11) is 1.43. The first-order valence-electron chi connectivity index (χ1n) is 10.1. The third kappa shape index (κ3) is 4.50. The molecule has 0 bridgehead atoms. The van der Waals surface area contributed by atoms with Gasteiger partial charge in [-0.15, -0.1) is 11.3 Å². The average Bonchev–Trinajstić information content (AvgIpc) is 3.42. The maximum atomic E-state index is 12.8. The van der Waals surface area contributed by atoms with E-state index >= 15 is 0 Å². The second-order valence-electron chi connectivity index (χ2n) is 7.09. The third-order valence-electron chi connectivity index (χ3n) is 4.81. The fourth-order valence-corrected chi connectivity index (χ4v) is 4.30. The number of hydrogen-bond donors (Lipinski definition) is 3. The van der Waals surface area contributed by atoms with E-state index < -0.39 is 30.6 Å². The number of rotatable bonds is 7. The number of ether oxygens (including phenoxy) is 3. The molecule has 2 amide bonds. The van der Waals surface area contributed by atoms with Crippen molar-refractivity contribution in [2.24, 2.45) is 0 Å². The van der Waals surface area contributed by atoms with Crippen LogP contribution in [0, 0.1) is 6.92 Å². The number of carbonyl (C=O) groups excluding carboxylic acids is 3. The van der Waals surface area contributed by atoms with Gasteiger partial charge in [-0.05, 0) is 32.0 Å². The summed E-state index contributed by atoms with van der Waals surface area (Å²) >= 11 is 1.04. The van der Waals surface area contributed by atoms with Crippen molar-refractivity contribution < 1.29 is 33.0 Å². The topological polar surface area (TPSA) is 168 Å². The van der Waals surface area contributed by atoms with Crippen LogP contribution < -0.4 is 21.1 Å². The third-order valence-corrected chi connectivity index (χ3v) is 5.82. The number of amides is 2. The SMILES string of the molecule is CCOC(=O)C1=C(COC(=O)c2cc3c(OC)nc(N)nc3s2)NC(=O)N[C@H]1c1ccc(C)o1. The zero-order valence-corrected chi connectivity index (χ0v) is 19.3. The molecule has 0 aromatic carbocycles. The molecule has 0 spiro atoms. The molecule has 0 unspecified atom stereocenters. The number of anilines is 1. The first-order chi connectivity index (χ1) is 16.3. The first-order valence-corrected chi connectivity index (χ1v) is 10.9.